The predicted octanol–water partition coefficient (Wildman–Crippen LogP) is 2.39. The lowest BCUT2D eigenvalue weighted by molar-refractivity contribution is -0.121. The molecule has 0 saturated heterocycles. The predicted molar refractivity (Wildman–Crippen MR) is 80.0 cm³/mol. The van der Waals surface area contributed by atoms with Crippen molar-refractivity contribution >= 4 is 35.0 Å². The van der Waals surface area contributed by atoms with Gasteiger partial charge in [0.05, 0.1) is 6.42 Å². The summed E-state index contributed by atoms with van der Waals surface area (Å²) in [6.45, 7) is 0. The van der Waals surface area contributed by atoms with Gasteiger partial charge < -0.3 is 0 Å². The number of hydrogen-bond acceptors (Lipinski definition) is 3. The van der Waals surface area contributed by atoms with Crippen LogP contribution in [0.4, 0.5) is 0 Å². The molecule has 2 aromatic rings. The highest BCUT2D eigenvalue weighted by atomic mass is 35.5. The third kappa shape index (κ3) is 4.18. The monoisotopic (exact) mass is 323 g/mol. The summed E-state index contributed by atoms with van der Waals surface area (Å²) in [4.78, 5) is 27.3. The number of pyridine rings is 1. The molecular formula is C14H11Cl2N3O2. The Morgan fingerprint density at radius 3 is 2.33 bits per heavy atom. The van der Waals surface area contributed by atoms with Crippen molar-refractivity contribution < 1.29 is 9.59 Å². The highest BCUT2D eigenvalue weighted by molar-refractivity contribution is 6.36. The lowest BCUT2D eigenvalue weighted by Gasteiger charge is -2.09. The van der Waals surface area contributed by atoms with E-state index < -0.39 is 11.8 Å². The molecule has 0 aliphatic carbocycles. The number of halogens is 2. The maximum absolute atomic E-state index is 11.8. The van der Waals surface area contributed by atoms with Crippen LogP contribution in [0.5, 0.6) is 0 Å². The fraction of sp³-hybridized carbons (Fsp3) is 0.0714. The molecule has 0 bridgehead atoms. The molecule has 0 radical (unpaired) electrons. The topological polar surface area (TPSA) is 71.1 Å². The lowest BCUT2D eigenvalue weighted by Crippen LogP contribution is -2.42. The van der Waals surface area contributed by atoms with Gasteiger partial charge in [-0.3, -0.25) is 25.4 Å². The first-order valence-corrected chi connectivity index (χ1v) is 6.76. The standard InChI is InChI=1S/C14H11Cl2N3O2/c15-10-4-3-5-11(16)9(10)8-13(20)18-19-14(21)12-6-1-2-7-17-12/h1-7H,8H2,(H,18,20)(H,19,21). The van der Waals surface area contributed by atoms with E-state index in [-0.39, 0.29) is 12.1 Å². The molecule has 2 amide bonds. The molecule has 1 heterocycles. The van der Waals surface area contributed by atoms with E-state index in [1.807, 2.05) is 0 Å². The van der Waals surface area contributed by atoms with Gasteiger partial charge in [-0.25, -0.2) is 0 Å². The van der Waals surface area contributed by atoms with Crippen molar-refractivity contribution in [3.63, 3.8) is 0 Å². The third-order valence-electron chi connectivity index (χ3n) is 2.61. The van der Waals surface area contributed by atoms with E-state index in [0.717, 1.165) is 0 Å². The van der Waals surface area contributed by atoms with Crippen LogP contribution in [0.2, 0.25) is 10.0 Å². The first-order valence-electron chi connectivity index (χ1n) is 6.01. The zero-order chi connectivity index (χ0) is 15.2. The van der Waals surface area contributed by atoms with Crippen LogP contribution >= 0.6 is 23.2 Å². The molecule has 0 aliphatic heterocycles. The highest BCUT2D eigenvalue weighted by Crippen LogP contribution is 2.24. The molecule has 0 atom stereocenters. The average molecular weight is 324 g/mol. The molecule has 0 fully saturated rings. The zero-order valence-corrected chi connectivity index (χ0v) is 12.3. The minimum absolute atomic E-state index is 0.0407. The number of nitrogens with one attached hydrogen (secondary N) is 2. The second-order valence-corrected chi connectivity index (χ2v) is 4.91. The summed E-state index contributed by atoms with van der Waals surface area (Å²) >= 11 is 11.9. The van der Waals surface area contributed by atoms with Gasteiger partial charge in [0.2, 0.25) is 5.91 Å². The van der Waals surface area contributed by atoms with Gasteiger partial charge in [-0.2, -0.15) is 0 Å². The minimum Gasteiger partial charge on any atom is -0.273 e. The third-order valence-corrected chi connectivity index (χ3v) is 3.32. The summed E-state index contributed by atoms with van der Waals surface area (Å²) < 4.78 is 0. The van der Waals surface area contributed by atoms with Crippen LogP contribution in [0.25, 0.3) is 0 Å². The van der Waals surface area contributed by atoms with Crippen molar-refractivity contribution in [1.82, 2.24) is 15.8 Å². The molecule has 21 heavy (non-hydrogen) atoms. The summed E-state index contributed by atoms with van der Waals surface area (Å²) in [6, 6.07) is 9.87. The van der Waals surface area contributed by atoms with Gasteiger partial charge in [0.1, 0.15) is 5.69 Å². The van der Waals surface area contributed by atoms with E-state index in [1.165, 1.54) is 12.3 Å². The molecule has 1 aromatic heterocycles. The van der Waals surface area contributed by atoms with E-state index in [2.05, 4.69) is 15.8 Å². The Balaban J connectivity index is 1.92. The van der Waals surface area contributed by atoms with Crippen molar-refractivity contribution in [3.05, 3.63) is 63.9 Å². The molecular weight excluding hydrogens is 313 g/mol. The van der Waals surface area contributed by atoms with Gasteiger partial charge >= 0.3 is 0 Å². The van der Waals surface area contributed by atoms with E-state index in [9.17, 15) is 9.59 Å². The quantitative estimate of drug-likeness (QED) is 0.852. The number of carbonyl (C=O) groups excluding carboxylic acids is 2. The number of hydrogen-bond donors (Lipinski definition) is 2. The van der Waals surface area contributed by atoms with Crippen molar-refractivity contribution in [3.8, 4) is 0 Å². The summed E-state index contributed by atoms with van der Waals surface area (Å²) in [5.74, 6) is -0.941. The first kappa shape index (κ1) is 15.3. The van der Waals surface area contributed by atoms with Crippen molar-refractivity contribution in [2.24, 2.45) is 0 Å². The Hall–Kier alpha value is -2.11. The summed E-state index contributed by atoms with van der Waals surface area (Å²) in [7, 11) is 0. The molecule has 2 rings (SSSR count). The van der Waals surface area contributed by atoms with Crippen LogP contribution in [-0.4, -0.2) is 16.8 Å². The zero-order valence-electron chi connectivity index (χ0n) is 10.8. The summed E-state index contributed by atoms with van der Waals surface area (Å²) in [6.07, 6.45) is 1.45. The van der Waals surface area contributed by atoms with Crippen molar-refractivity contribution in [2.75, 3.05) is 0 Å². The fourth-order valence-electron chi connectivity index (χ4n) is 1.59. The largest absolute Gasteiger partial charge is 0.288 e. The van der Waals surface area contributed by atoms with Crippen LogP contribution in [0.15, 0.2) is 42.6 Å². The average Bonchev–Trinajstić information content (AvgIpc) is 2.49. The number of nitrogens with zero attached hydrogens (tertiary/aromatic N) is 1. The van der Waals surface area contributed by atoms with Crippen LogP contribution in [0.1, 0.15) is 16.1 Å². The van der Waals surface area contributed by atoms with Gasteiger partial charge in [-0.1, -0.05) is 35.3 Å². The second-order valence-electron chi connectivity index (χ2n) is 4.09. The molecule has 0 saturated carbocycles. The molecule has 2 N–H and O–H groups in total. The maximum atomic E-state index is 11.8. The Morgan fingerprint density at radius 2 is 1.71 bits per heavy atom. The fourth-order valence-corrected chi connectivity index (χ4v) is 2.12. The first-order chi connectivity index (χ1) is 10.1. The summed E-state index contributed by atoms with van der Waals surface area (Å²) in [5.41, 5.74) is 5.27. The van der Waals surface area contributed by atoms with E-state index in [0.29, 0.717) is 15.6 Å². The molecule has 5 nitrogen and oxygen atoms in total. The number of carbonyl (C=O) groups is 2. The number of rotatable bonds is 3. The SMILES string of the molecule is O=C(Cc1c(Cl)cccc1Cl)NNC(=O)c1ccccn1. The summed E-state index contributed by atoms with van der Waals surface area (Å²) in [5, 5.41) is 0.794. The number of benzene rings is 1. The number of amides is 2. The normalized spacial score (nSPS) is 10.0. The van der Waals surface area contributed by atoms with Crippen LogP contribution in [0.3, 0.4) is 0 Å². The van der Waals surface area contributed by atoms with E-state index >= 15 is 0 Å². The van der Waals surface area contributed by atoms with E-state index in [4.69, 9.17) is 23.2 Å². The molecule has 7 heteroatoms. The van der Waals surface area contributed by atoms with Crippen molar-refractivity contribution in [2.45, 2.75) is 6.42 Å². The van der Waals surface area contributed by atoms with Gasteiger partial charge in [0.15, 0.2) is 0 Å². The molecule has 108 valence electrons. The van der Waals surface area contributed by atoms with E-state index in [1.54, 1.807) is 30.3 Å². The smallest absolute Gasteiger partial charge is 0.273 e. The minimum atomic E-state index is -0.505. The Morgan fingerprint density at radius 1 is 1.00 bits per heavy atom. The Kier molecular flexibility index (Phi) is 5.14. The Bertz CT molecular complexity index is 642. The van der Waals surface area contributed by atoms with Gasteiger partial charge in [0.25, 0.3) is 5.91 Å². The van der Waals surface area contributed by atoms with Crippen LogP contribution in [-0.2, 0) is 11.2 Å². The number of hydrazine groups is 1. The highest BCUT2D eigenvalue weighted by Gasteiger charge is 2.12. The van der Waals surface area contributed by atoms with Crippen LogP contribution < -0.4 is 10.9 Å². The second kappa shape index (κ2) is 7.06. The molecule has 0 unspecified atom stereocenters. The van der Waals surface area contributed by atoms with Crippen LogP contribution in [0, 0.1) is 0 Å². The van der Waals surface area contributed by atoms with Gasteiger partial charge in [-0.15, -0.1) is 0 Å². The number of aromatic nitrogens is 1. The molecule has 1 aromatic carbocycles. The Labute approximate surface area is 131 Å². The van der Waals surface area contributed by atoms with Crippen molar-refractivity contribution in [1.29, 1.82) is 0 Å². The van der Waals surface area contributed by atoms with Gasteiger partial charge in [-0.05, 0) is 29.8 Å². The lowest BCUT2D eigenvalue weighted by atomic mass is 10.1. The molecule has 0 spiro atoms. The van der Waals surface area contributed by atoms with Gasteiger partial charge in [0, 0.05) is 16.2 Å². The molecule has 0 aliphatic rings. The maximum Gasteiger partial charge on any atom is 0.288 e.